The molecule has 3 heteroatoms. The van der Waals surface area contributed by atoms with E-state index in [1.807, 2.05) is 36.4 Å². The van der Waals surface area contributed by atoms with Crippen molar-refractivity contribution >= 4 is 10.9 Å². The van der Waals surface area contributed by atoms with Crippen LogP contribution >= 0.6 is 0 Å². The van der Waals surface area contributed by atoms with Gasteiger partial charge in [-0.25, -0.2) is 0 Å². The molecule has 3 nitrogen and oxygen atoms in total. The molecule has 0 spiro atoms. The highest BCUT2D eigenvalue weighted by atomic mass is 16.6. The molecule has 0 bridgehead atoms. The predicted octanol–water partition coefficient (Wildman–Crippen LogP) is 3.66. The minimum Gasteiger partial charge on any atom is -0.468 e. The summed E-state index contributed by atoms with van der Waals surface area (Å²) in [5.41, 5.74) is 3.52. The Morgan fingerprint density at radius 1 is 1.05 bits per heavy atom. The molecule has 0 aliphatic heterocycles. The van der Waals surface area contributed by atoms with Gasteiger partial charge in [0.05, 0.1) is 5.52 Å². The predicted molar refractivity (Wildman–Crippen MR) is 80.8 cm³/mol. The summed E-state index contributed by atoms with van der Waals surface area (Å²) in [6, 6.07) is 18.4. The third-order valence-corrected chi connectivity index (χ3v) is 3.49. The van der Waals surface area contributed by atoms with Crippen LogP contribution in [0.4, 0.5) is 0 Å². The average Bonchev–Trinajstić information content (AvgIpc) is 2.86. The van der Waals surface area contributed by atoms with Gasteiger partial charge in [0.1, 0.15) is 5.75 Å². The Kier molecular flexibility index (Phi) is 3.44. The molecule has 0 fully saturated rings. The van der Waals surface area contributed by atoms with Crippen molar-refractivity contribution < 1.29 is 9.84 Å². The summed E-state index contributed by atoms with van der Waals surface area (Å²) >= 11 is 0. The zero-order valence-corrected chi connectivity index (χ0v) is 11.4. The van der Waals surface area contributed by atoms with Crippen molar-refractivity contribution in [2.45, 2.75) is 13.5 Å². The van der Waals surface area contributed by atoms with Gasteiger partial charge < -0.3 is 14.4 Å². The summed E-state index contributed by atoms with van der Waals surface area (Å²) in [6.07, 6.45) is 0. The lowest BCUT2D eigenvalue weighted by Gasteiger charge is -2.09. The van der Waals surface area contributed by atoms with Gasteiger partial charge in [-0.15, -0.1) is 0 Å². The molecule has 0 amide bonds. The van der Waals surface area contributed by atoms with E-state index in [9.17, 15) is 0 Å². The van der Waals surface area contributed by atoms with Crippen molar-refractivity contribution in [3.8, 4) is 17.0 Å². The second-order valence-electron chi connectivity index (χ2n) is 4.63. The first-order valence-corrected chi connectivity index (χ1v) is 6.76. The Morgan fingerprint density at radius 3 is 2.55 bits per heavy atom. The van der Waals surface area contributed by atoms with Gasteiger partial charge in [0, 0.05) is 23.7 Å². The molecule has 1 aromatic heterocycles. The Bertz CT molecular complexity index is 716. The average molecular weight is 267 g/mol. The molecule has 0 aliphatic carbocycles. The van der Waals surface area contributed by atoms with Gasteiger partial charge in [-0.2, -0.15) is 0 Å². The minimum absolute atomic E-state index is 0.302. The van der Waals surface area contributed by atoms with Crippen LogP contribution in [0.2, 0.25) is 0 Å². The number of aliphatic hydroxyl groups excluding tert-OH is 1. The number of hydrogen-bond acceptors (Lipinski definition) is 2. The Morgan fingerprint density at radius 2 is 1.85 bits per heavy atom. The number of benzene rings is 2. The lowest BCUT2D eigenvalue weighted by Crippen LogP contribution is -1.98. The zero-order chi connectivity index (χ0) is 13.9. The molecular formula is C17H17NO2. The fourth-order valence-electron chi connectivity index (χ4n) is 2.59. The molecule has 0 saturated heterocycles. The van der Waals surface area contributed by atoms with E-state index in [4.69, 9.17) is 9.84 Å². The number of rotatable bonds is 4. The maximum atomic E-state index is 8.87. The van der Waals surface area contributed by atoms with Crippen LogP contribution in [0.15, 0.2) is 54.6 Å². The standard InChI is InChI=1S/C17H17NO2/c1-2-18-16(13-6-4-3-5-7-13)10-14-8-9-15(20-12-19)11-17(14)18/h3-11,19H,2,12H2,1H3. The highest BCUT2D eigenvalue weighted by Gasteiger charge is 2.10. The maximum absolute atomic E-state index is 8.87. The van der Waals surface area contributed by atoms with E-state index >= 15 is 0 Å². The van der Waals surface area contributed by atoms with Crippen LogP contribution in [-0.2, 0) is 6.54 Å². The van der Waals surface area contributed by atoms with Gasteiger partial charge in [0.15, 0.2) is 6.79 Å². The van der Waals surface area contributed by atoms with Crippen LogP contribution in [0.1, 0.15) is 6.92 Å². The van der Waals surface area contributed by atoms with Crippen LogP contribution in [-0.4, -0.2) is 16.5 Å². The van der Waals surface area contributed by atoms with Crippen molar-refractivity contribution in [2.75, 3.05) is 6.79 Å². The highest BCUT2D eigenvalue weighted by molar-refractivity contribution is 5.88. The fourth-order valence-corrected chi connectivity index (χ4v) is 2.59. The second kappa shape index (κ2) is 5.39. The zero-order valence-electron chi connectivity index (χ0n) is 11.4. The molecule has 0 atom stereocenters. The lowest BCUT2D eigenvalue weighted by atomic mass is 10.1. The number of nitrogens with zero attached hydrogens (tertiary/aromatic N) is 1. The van der Waals surface area contributed by atoms with E-state index in [1.54, 1.807) is 0 Å². The first-order chi connectivity index (χ1) is 9.83. The summed E-state index contributed by atoms with van der Waals surface area (Å²) in [6.45, 7) is 2.71. The number of aromatic nitrogens is 1. The third-order valence-electron chi connectivity index (χ3n) is 3.49. The van der Waals surface area contributed by atoms with Crippen molar-refractivity contribution in [3.63, 3.8) is 0 Å². The summed E-state index contributed by atoms with van der Waals surface area (Å²) in [4.78, 5) is 0. The number of hydrogen-bond donors (Lipinski definition) is 1. The van der Waals surface area contributed by atoms with E-state index in [1.165, 1.54) is 16.6 Å². The topological polar surface area (TPSA) is 34.4 Å². The quantitative estimate of drug-likeness (QED) is 0.732. The summed E-state index contributed by atoms with van der Waals surface area (Å²) < 4.78 is 7.43. The molecule has 2 aromatic carbocycles. The van der Waals surface area contributed by atoms with Gasteiger partial charge in [-0.05, 0) is 30.7 Å². The smallest absolute Gasteiger partial charge is 0.186 e. The van der Waals surface area contributed by atoms with E-state index in [0.29, 0.717) is 5.75 Å². The molecule has 0 radical (unpaired) electrons. The van der Waals surface area contributed by atoms with Crippen molar-refractivity contribution in [1.82, 2.24) is 4.57 Å². The summed E-state index contributed by atoms with van der Waals surface area (Å²) in [5.74, 6) is 0.687. The monoisotopic (exact) mass is 267 g/mol. The van der Waals surface area contributed by atoms with E-state index in [-0.39, 0.29) is 6.79 Å². The minimum atomic E-state index is -0.302. The fraction of sp³-hybridized carbons (Fsp3) is 0.176. The van der Waals surface area contributed by atoms with E-state index in [0.717, 1.165) is 12.1 Å². The molecule has 0 saturated carbocycles. The van der Waals surface area contributed by atoms with Gasteiger partial charge in [0.2, 0.25) is 0 Å². The van der Waals surface area contributed by atoms with Gasteiger partial charge in [0.25, 0.3) is 0 Å². The second-order valence-corrected chi connectivity index (χ2v) is 4.63. The number of ether oxygens (including phenoxy) is 1. The van der Waals surface area contributed by atoms with Crippen LogP contribution in [0.5, 0.6) is 5.75 Å². The molecule has 0 unspecified atom stereocenters. The molecule has 3 aromatic rings. The normalized spacial score (nSPS) is 10.9. The van der Waals surface area contributed by atoms with Gasteiger partial charge in [-0.3, -0.25) is 0 Å². The van der Waals surface area contributed by atoms with Crippen molar-refractivity contribution in [1.29, 1.82) is 0 Å². The molecule has 1 N–H and O–H groups in total. The summed E-state index contributed by atoms with van der Waals surface area (Å²) in [5, 5.41) is 10.0. The van der Waals surface area contributed by atoms with Crippen LogP contribution in [0.3, 0.4) is 0 Å². The Labute approximate surface area is 118 Å². The number of fused-ring (bicyclic) bond motifs is 1. The molecular weight excluding hydrogens is 250 g/mol. The Balaban J connectivity index is 2.19. The molecule has 102 valence electrons. The summed E-state index contributed by atoms with van der Waals surface area (Å²) in [7, 11) is 0. The molecule has 0 aliphatic rings. The van der Waals surface area contributed by atoms with Crippen molar-refractivity contribution in [2.24, 2.45) is 0 Å². The maximum Gasteiger partial charge on any atom is 0.186 e. The highest BCUT2D eigenvalue weighted by Crippen LogP contribution is 2.30. The van der Waals surface area contributed by atoms with Crippen LogP contribution < -0.4 is 4.74 Å². The number of aryl methyl sites for hydroxylation is 1. The largest absolute Gasteiger partial charge is 0.468 e. The van der Waals surface area contributed by atoms with Crippen LogP contribution in [0, 0.1) is 0 Å². The van der Waals surface area contributed by atoms with E-state index in [2.05, 4.69) is 29.7 Å². The van der Waals surface area contributed by atoms with Gasteiger partial charge in [-0.1, -0.05) is 30.3 Å². The van der Waals surface area contributed by atoms with Gasteiger partial charge >= 0.3 is 0 Å². The third kappa shape index (κ3) is 2.17. The lowest BCUT2D eigenvalue weighted by molar-refractivity contribution is 0.0987. The Hall–Kier alpha value is -2.26. The first-order valence-electron chi connectivity index (χ1n) is 6.76. The van der Waals surface area contributed by atoms with E-state index < -0.39 is 0 Å². The molecule has 3 rings (SSSR count). The molecule has 1 heterocycles. The SMILES string of the molecule is CCn1c(-c2ccccc2)cc2ccc(OCO)cc21. The molecule has 20 heavy (non-hydrogen) atoms. The van der Waals surface area contributed by atoms with Crippen LogP contribution in [0.25, 0.3) is 22.2 Å². The number of aliphatic hydroxyl groups is 1. The van der Waals surface area contributed by atoms with Crippen molar-refractivity contribution in [3.05, 3.63) is 54.6 Å². The first kappa shape index (κ1) is 12.8.